The maximum atomic E-state index is 12.6. The Morgan fingerprint density at radius 3 is 2.54 bits per heavy atom. The van der Waals surface area contributed by atoms with Crippen LogP contribution in [-0.4, -0.2) is 38.1 Å². The molecule has 0 bridgehead atoms. The minimum absolute atomic E-state index is 0.413. The minimum Gasteiger partial charge on any atom is -0.486 e. The first-order valence-electron chi connectivity index (χ1n) is 8.91. The Labute approximate surface area is 150 Å². The predicted molar refractivity (Wildman–Crippen MR) is 93.8 cm³/mol. The summed E-state index contributed by atoms with van der Waals surface area (Å²) >= 11 is 0. The summed E-state index contributed by atoms with van der Waals surface area (Å²) in [5.41, 5.74) is 3.74. The highest BCUT2D eigenvalue weighted by molar-refractivity contribution is 6.52. The first-order chi connectivity index (χ1) is 12.7. The number of ketones is 1. The second-order valence-electron chi connectivity index (χ2n) is 6.93. The van der Waals surface area contributed by atoms with E-state index in [-0.39, 0.29) is 0 Å². The Hall–Kier alpha value is -2.86. The predicted octanol–water partition coefficient (Wildman–Crippen LogP) is 0.586. The van der Waals surface area contributed by atoms with Crippen molar-refractivity contribution in [2.45, 2.75) is 13.0 Å². The van der Waals surface area contributed by atoms with Crippen LogP contribution in [0.2, 0.25) is 0 Å². The molecule has 2 aromatic rings. The third kappa shape index (κ3) is 2.37. The van der Waals surface area contributed by atoms with Gasteiger partial charge in [-0.1, -0.05) is 24.3 Å². The minimum atomic E-state index is -0.464. The summed E-state index contributed by atoms with van der Waals surface area (Å²) in [7, 11) is 0. The van der Waals surface area contributed by atoms with Crippen LogP contribution < -0.4 is 19.3 Å². The normalized spacial score (nSPS) is 20.8. The molecule has 0 radical (unpaired) electrons. The highest BCUT2D eigenvalue weighted by Crippen LogP contribution is 2.40. The number of amides is 1. The van der Waals surface area contributed by atoms with Crippen LogP contribution in [0.5, 0.6) is 11.5 Å². The second kappa shape index (κ2) is 5.85. The second-order valence-corrected chi connectivity index (χ2v) is 6.93. The molecular weight excluding hydrogens is 332 g/mol. The molecule has 1 amide bonds. The van der Waals surface area contributed by atoms with Gasteiger partial charge in [-0.2, -0.15) is 0 Å². The van der Waals surface area contributed by atoms with E-state index in [1.54, 1.807) is 17.0 Å². The highest BCUT2D eigenvalue weighted by Gasteiger charge is 2.40. The zero-order valence-electron chi connectivity index (χ0n) is 14.3. The van der Waals surface area contributed by atoms with Gasteiger partial charge in [-0.3, -0.25) is 14.5 Å². The molecule has 0 spiro atoms. The third-order valence-corrected chi connectivity index (χ3v) is 5.32. The molecule has 26 heavy (non-hydrogen) atoms. The van der Waals surface area contributed by atoms with E-state index in [1.807, 2.05) is 6.07 Å². The number of fused-ring (bicyclic) bond motifs is 3. The molecule has 0 aliphatic carbocycles. The SMILES string of the molecule is O=C1C(=O)N(C[NH+]2CCc3ccccc3C2)c2cc3c(cc21)OCCO3. The number of ether oxygens (including phenoxy) is 2. The summed E-state index contributed by atoms with van der Waals surface area (Å²) in [6, 6.07) is 11.8. The molecule has 2 aromatic carbocycles. The van der Waals surface area contributed by atoms with Gasteiger partial charge in [-0.15, -0.1) is 0 Å². The monoisotopic (exact) mass is 351 g/mol. The lowest BCUT2D eigenvalue weighted by Crippen LogP contribution is -3.13. The van der Waals surface area contributed by atoms with E-state index in [2.05, 4.69) is 18.2 Å². The van der Waals surface area contributed by atoms with Gasteiger partial charge in [-0.25, -0.2) is 0 Å². The molecule has 1 unspecified atom stereocenters. The summed E-state index contributed by atoms with van der Waals surface area (Å²) < 4.78 is 11.2. The summed E-state index contributed by atoms with van der Waals surface area (Å²) in [4.78, 5) is 27.9. The Balaban J connectivity index is 1.44. The molecule has 3 heterocycles. The number of hydrogen-bond acceptors (Lipinski definition) is 4. The van der Waals surface area contributed by atoms with E-state index in [0.29, 0.717) is 42.6 Å². The van der Waals surface area contributed by atoms with Crippen LogP contribution in [0.4, 0.5) is 5.69 Å². The standard InChI is InChI=1S/C20H18N2O4/c23-19-15-9-17-18(26-8-7-25-17)10-16(15)22(20(19)24)12-21-6-5-13-3-1-2-4-14(13)11-21/h1-4,9-10H,5-8,11-12H2/p+1. The van der Waals surface area contributed by atoms with Crippen LogP contribution in [0.15, 0.2) is 36.4 Å². The first-order valence-corrected chi connectivity index (χ1v) is 8.91. The van der Waals surface area contributed by atoms with Gasteiger partial charge in [0.15, 0.2) is 18.2 Å². The molecule has 6 nitrogen and oxygen atoms in total. The van der Waals surface area contributed by atoms with E-state index in [0.717, 1.165) is 19.5 Å². The van der Waals surface area contributed by atoms with Gasteiger partial charge in [0.2, 0.25) is 0 Å². The van der Waals surface area contributed by atoms with Crippen molar-refractivity contribution in [1.82, 2.24) is 0 Å². The Morgan fingerprint density at radius 1 is 1.00 bits per heavy atom. The van der Waals surface area contributed by atoms with E-state index in [1.165, 1.54) is 16.0 Å². The Bertz CT molecular complexity index is 924. The maximum absolute atomic E-state index is 12.6. The lowest BCUT2D eigenvalue weighted by Gasteiger charge is -2.29. The molecule has 0 saturated heterocycles. The number of nitrogens with zero attached hydrogens (tertiary/aromatic N) is 1. The van der Waals surface area contributed by atoms with Gasteiger partial charge in [0.1, 0.15) is 19.8 Å². The molecule has 0 saturated carbocycles. The van der Waals surface area contributed by atoms with E-state index < -0.39 is 11.7 Å². The fourth-order valence-corrected chi connectivity index (χ4v) is 3.99. The Morgan fingerprint density at radius 2 is 1.73 bits per heavy atom. The molecule has 132 valence electrons. The lowest BCUT2D eigenvalue weighted by molar-refractivity contribution is -0.914. The van der Waals surface area contributed by atoms with E-state index in [4.69, 9.17) is 9.47 Å². The number of Topliss-reactive ketones (excluding diaryl/α,β-unsaturated/α-hetero) is 1. The smallest absolute Gasteiger partial charge is 0.303 e. The number of quaternary nitrogens is 1. The first kappa shape index (κ1) is 15.4. The van der Waals surface area contributed by atoms with Crippen LogP contribution in [0.1, 0.15) is 21.5 Å². The largest absolute Gasteiger partial charge is 0.486 e. The highest BCUT2D eigenvalue weighted by atomic mass is 16.6. The number of rotatable bonds is 2. The van der Waals surface area contributed by atoms with Crippen molar-refractivity contribution in [2.75, 3.05) is 31.3 Å². The van der Waals surface area contributed by atoms with E-state index in [9.17, 15) is 9.59 Å². The third-order valence-electron chi connectivity index (χ3n) is 5.32. The van der Waals surface area contributed by atoms with Crippen LogP contribution in [0.3, 0.4) is 0 Å². The van der Waals surface area contributed by atoms with Crippen molar-refractivity contribution in [3.63, 3.8) is 0 Å². The van der Waals surface area contributed by atoms with Crippen molar-refractivity contribution >= 4 is 17.4 Å². The van der Waals surface area contributed by atoms with Gasteiger partial charge in [0, 0.05) is 18.1 Å². The molecule has 5 rings (SSSR count). The number of nitrogens with one attached hydrogen (secondary N) is 1. The molecule has 3 aliphatic heterocycles. The van der Waals surface area contributed by atoms with Crippen molar-refractivity contribution in [2.24, 2.45) is 0 Å². The van der Waals surface area contributed by atoms with Gasteiger partial charge in [0.05, 0.1) is 17.8 Å². The molecule has 0 aromatic heterocycles. The van der Waals surface area contributed by atoms with Crippen molar-refractivity contribution in [1.29, 1.82) is 0 Å². The van der Waals surface area contributed by atoms with Crippen molar-refractivity contribution in [3.05, 3.63) is 53.1 Å². The molecule has 6 heteroatoms. The van der Waals surface area contributed by atoms with E-state index >= 15 is 0 Å². The van der Waals surface area contributed by atoms with Crippen LogP contribution >= 0.6 is 0 Å². The molecule has 3 aliphatic rings. The summed E-state index contributed by atoms with van der Waals surface area (Å²) in [6.45, 7) is 3.20. The van der Waals surface area contributed by atoms with Gasteiger partial charge >= 0.3 is 5.91 Å². The summed E-state index contributed by atoms with van der Waals surface area (Å²) in [5, 5.41) is 0. The van der Waals surface area contributed by atoms with Crippen LogP contribution in [0, 0.1) is 0 Å². The fourth-order valence-electron chi connectivity index (χ4n) is 3.99. The average Bonchev–Trinajstić information content (AvgIpc) is 2.91. The zero-order valence-corrected chi connectivity index (χ0v) is 14.3. The topological polar surface area (TPSA) is 60.3 Å². The molecule has 0 fully saturated rings. The van der Waals surface area contributed by atoms with Crippen molar-refractivity contribution < 1.29 is 24.0 Å². The number of benzene rings is 2. The molecular formula is C20H19N2O4+. The molecule has 1 N–H and O–H groups in total. The van der Waals surface area contributed by atoms with Crippen LogP contribution in [0.25, 0.3) is 0 Å². The zero-order chi connectivity index (χ0) is 17.7. The Kier molecular flexibility index (Phi) is 3.46. The number of anilines is 1. The van der Waals surface area contributed by atoms with Crippen molar-refractivity contribution in [3.8, 4) is 11.5 Å². The average molecular weight is 351 g/mol. The lowest BCUT2D eigenvalue weighted by atomic mass is 10.0. The quantitative estimate of drug-likeness (QED) is 0.805. The van der Waals surface area contributed by atoms with Crippen LogP contribution in [-0.2, 0) is 17.8 Å². The number of carbonyl (C=O) groups is 2. The van der Waals surface area contributed by atoms with Gasteiger partial charge < -0.3 is 14.4 Å². The maximum Gasteiger partial charge on any atom is 0.303 e. The number of carbonyl (C=O) groups excluding carboxylic acids is 2. The fraction of sp³-hybridized carbons (Fsp3) is 0.300. The van der Waals surface area contributed by atoms with Gasteiger partial charge in [-0.05, 0) is 11.6 Å². The van der Waals surface area contributed by atoms with Gasteiger partial charge in [0.25, 0.3) is 5.78 Å². The summed E-state index contributed by atoms with van der Waals surface area (Å²) in [5.74, 6) is 0.209. The molecule has 1 atom stereocenters. The number of hydrogen-bond donors (Lipinski definition) is 1. The summed E-state index contributed by atoms with van der Waals surface area (Å²) in [6.07, 6.45) is 0.982.